The maximum Gasteiger partial charge on any atom is 0.189 e. The minimum atomic E-state index is -0.0376. The summed E-state index contributed by atoms with van der Waals surface area (Å²) >= 11 is 2.03. The lowest BCUT2D eigenvalue weighted by Gasteiger charge is -2.42. The Labute approximate surface area is 126 Å². The van der Waals surface area contributed by atoms with Crippen LogP contribution in [0.3, 0.4) is 0 Å². The summed E-state index contributed by atoms with van der Waals surface area (Å²) in [6.45, 7) is 10.8. The normalized spacial score (nSPS) is 29.6. The van der Waals surface area contributed by atoms with Crippen LogP contribution in [-0.4, -0.2) is 66.3 Å². The zero-order chi connectivity index (χ0) is 14.6. The first-order valence-corrected chi connectivity index (χ1v) is 8.55. The number of thioether (sulfide) groups is 1. The van der Waals surface area contributed by atoms with Gasteiger partial charge in [0.25, 0.3) is 0 Å². The number of ether oxygens (including phenoxy) is 1. The highest BCUT2D eigenvalue weighted by molar-refractivity contribution is 7.99. The highest BCUT2D eigenvalue weighted by atomic mass is 32.2. The Balaban J connectivity index is 2.00. The van der Waals surface area contributed by atoms with Gasteiger partial charge in [-0.15, -0.1) is 0 Å². The van der Waals surface area contributed by atoms with E-state index in [1.807, 2.05) is 11.8 Å². The first kappa shape index (κ1) is 15.9. The van der Waals surface area contributed by atoms with E-state index < -0.39 is 0 Å². The number of hydrogen-bond donors (Lipinski definition) is 2. The van der Waals surface area contributed by atoms with Crippen molar-refractivity contribution in [1.82, 2.24) is 10.2 Å². The molecule has 2 saturated heterocycles. The molecule has 6 heteroatoms. The molecule has 1 unspecified atom stereocenters. The lowest BCUT2D eigenvalue weighted by atomic mass is 9.96. The zero-order valence-electron chi connectivity index (χ0n) is 12.9. The van der Waals surface area contributed by atoms with Crippen LogP contribution in [0.1, 0.15) is 27.2 Å². The SMILES string of the molecule is CC(C)(C)NC(N)=NCC1(N2CCOCC2)CCSC1. The number of morpholine rings is 1. The molecular weight excluding hydrogens is 272 g/mol. The maximum atomic E-state index is 6.02. The van der Waals surface area contributed by atoms with Crippen molar-refractivity contribution in [3.63, 3.8) is 0 Å². The van der Waals surface area contributed by atoms with Gasteiger partial charge in [0.15, 0.2) is 5.96 Å². The van der Waals surface area contributed by atoms with Gasteiger partial charge < -0.3 is 15.8 Å². The first-order valence-electron chi connectivity index (χ1n) is 7.40. The number of rotatable bonds is 3. The number of guanidine groups is 1. The van der Waals surface area contributed by atoms with E-state index in [-0.39, 0.29) is 11.1 Å². The molecule has 0 aromatic heterocycles. The van der Waals surface area contributed by atoms with Crippen LogP contribution >= 0.6 is 11.8 Å². The number of nitrogens with one attached hydrogen (secondary N) is 1. The molecule has 0 amide bonds. The highest BCUT2D eigenvalue weighted by Crippen LogP contribution is 2.34. The van der Waals surface area contributed by atoms with Crippen molar-refractivity contribution < 1.29 is 4.74 Å². The van der Waals surface area contributed by atoms with Crippen molar-refractivity contribution in [2.75, 3.05) is 44.4 Å². The first-order chi connectivity index (χ1) is 9.41. The van der Waals surface area contributed by atoms with Crippen LogP contribution in [0.5, 0.6) is 0 Å². The predicted octanol–water partition coefficient (Wildman–Crippen LogP) is 0.897. The summed E-state index contributed by atoms with van der Waals surface area (Å²) in [6.07, 6.45) is 1.20. The molecule has 0 saturated carbocycles. The summed E-state index contributed by atoms with van der Waals surface area (Å²) in [4.78, 5) is 7.19. The molecule has 0 radical (unpaired) electrons. The maximum absolute atomic E-state index is 6.02. The Morgan fingerprint density at radius 1 is 1.40 bits per heavy atom. The molecule has 0 spiro atoms. The third-order valence-electron chi connectivity index (χ3n) is 3.81. The van der Waals surface area contributed by atoms with Gasteiger partial charge in [-0.1, -0.05) is 0 Å². The standard InChI is InChI=1S/C14H28N4OS/c1-13(2,3)17-12(15)16-10-14(4-9-20-11-14)18-5-7-19-8-6-18/h4-11H2,1-3H3,(H3,15,16,17). The van der Waals surface area contributed by atoms with Crippen molar-refractivity contribution in [2.45, 2.75) is 38.3 Å². The van der Waals surface area contributed by atoms with Gasteiger partial charge in [0, 0.05) is 24.4 Å². The number of hydrogen-bond acceptors (Lipinski definition) is 4. The number of nitrogens with zero attached hydrogens (tertiary/aromatic N) is 2. The van der Waals surface area contributed by atoms with Crippen molar-refractivity contribution in [1.29, 1.82) is 0 Å². The average Bonchev–Trinajstić information content (AvgIpc) is 2.85. The van der Waals surface area contributed by atoms with Crippen LogP contribution in [0.15, 0.2) is 4.99 Å². The third kappa shape index (κ3) is 4.27. The summed E-state index contributed by atoms with van der Waals surface area (Å²) < 4.78 is 5.47. The molecule has 0 aliphatic carbocycles. The summed E-state index contributed by atoms with van der Waals surface area (Å²) in [5.41, 5.74) is 6.16. The Morgan fingerprint density at radius 2 is 2.10 bits per heavy atom. The lowest BCUT2D eigenvalue weighted by Crippen LogP contribution is -2.56. The molecule has 2 aliphatic rings. The van der Waals surface area contributed by atoms with Gasteiger partial charge in [-0.25, -0.2) is 0 Å². The topological polar surface area (TPSA) is 62.9 Å². The Morgan fingerprint density at radius 3 is 2.65 bits per heavy atom. The van der Waals surface area contributed by atoms with Gasteiger partial charge in [0.2, 0.25) is 0 Å². The zero-order valence-corrected chi connectivity index (χ0v) is 13.8. The molecule has 3 N–H and O–H groups in total. The highest BCUT2D eigenvalue weighted by Gasteiger charge is 2.40. The molecule has 0 aromatic carbocycles. The van der Waals surface area contributed by atoms with Gasteiger partial charge in [0.05, 0.1) is 25.3 Å². The van der Waals surface area contributed by atoms with Crippen LogP contribution < -0.4 is 11.1 Å². The fraction of sp³-hybridized carbons (Fsp3) is 0.929. The van der Waals surface area contributed by atoms with E-state index in [1.165, 1.54) is 12.2 Å². The predicted molar refractivity (Wildman–Crippen MR) is 86.4 cm³/mol. The third-order valence-corrected chi connectivity index (χ3v) is 5.05. The molecule has 2 rings (SSSR count). The van der Waals surface area contributed by atoms with Crippen LogP contribution in [0.2, 0.25) is 0 Å². The molecule has 5 nitrogen and oxygen atoms in total. The molecule has 116 valence electrons. The smallest absolute Gasteiger partial charge is 0.189 e. The van der Waals surface area contributed by atoms with Crippen LogP contribution in [0.25, 0.3) is 0 Å². The fourth-order valence-corrected chi connectivity index (χ4v) is 4.23. The Bertz CT molecular complexity index is 342. The lowest BCUT2D eigenvalue weighted by molar-refractivity contribution is -0.0104. The van der Waals surface area contributed by atoms with Gasteiger partial charge in [-0.05, 0) is 32.9 Å². The minimum Gasteiger partial charge on any atom is -0.379 e. The minimum absolute atomic E-state index is 0.0376. The second-order valence-electron chi connectivity index (χ2n) is 6.70. The van der Waals surface area contributed by atoms with Crippen molar-refractivity contribution >= 4 is 17.7 Å². The van der Waals surface area contributed by atoms with E-state index in [1.54, 1.807) is 0 Å². The molecule has 20 heavy (non-hydrogen) atoms. The van der Waals surface area contributed by atoms with E-state index in [2.05, 4.69) is 36.0 Å². The largest absolute Gasteiger partial charge is 0.379 e. The Hall–Kier alpha value is -0.460. The summed E-state index contributed by atoms with van der Waals surface area (Å²) in [7, 11) is 0. The second kappa shape index (κ2) is 6.54. The average molecular weight is 300 g/mol. The van der Waals surface area contributed by atoms with Gasteiger partial charge in [-0.3, -0.25) is 9.89 Å². The van der Waals surface area contributed by atoms with Gasteiger partial charge >= 0.3 is 0 Å². The molecule has 0 aromatic rings. The van der Waals surface area contributed by atoms with E-state index in [0.29, 0.717) is 5.96 Å². The van der Waals surface area contributed by atoms with Crippen LogP contribution in [-0.2, 0) is 4.74 Å². The van der Waals surface area contributed by atoms with Crippen LogP contribution in [0.4, 0.5) is 0 Å². The fourth-order valence-electron chi connectivity index (χ4n) is 2.76. The van der Waals surface area contributed by atoms with E-state index >= 15 is 0 Å². The molecule has 0 bridgehead atoms. The quantitative estimate of drug-likeness (QED) is 0.599. The second-order valence-corrected chi connectivity index (χ2v) is 7.81. The molecule has 2 heterocycles. The van der Waals surface area contributed by atoms with Crippen molar-refractivity contribution in [3.8, 4) is 0 Å². The molecule has 2 aliphatic heterocycles. The Kier molecular flexibility index (Phi) is 5.20. The van der Waals surface area contributed by atoms with Gasteiger partial charge in [-0.2, -0.15) is 11.8 Å². The molecule has 2 fully saturated rings. The molecular formula is C14H28N4OS. The van der Waals surface area contributed by atoms with E-state index in [0.717, 1.165) is 38.6 Å². The number of aliphatic imine (C=N–C) groups is 1. The van der Waals surface area contributed by atoms with E-state index in [9.17, 15) is 0 Å². The van der Waals surface area contributed by atoms with Crippen molar-refractivity contribution in [2.24, 2.45) is 10.7 Å². The summed E-state index contributed by atoms with van der Waals surface area (Å²) in [6, 6.07) is 0. The van der Waals surface area contributed by atoms with Crippen molar-refractivity contribution in [3.05, 3.63) is 0 Å². The molecule has 1 atom stereocenters. The van der Waals surface area contributed by atoms with Gasteiger partial charge in [0.1, 0.15) is 0 Å². The van der Waals surface area contributed by atoms with Crippen LogP contribution in [0, 0.1) is 0 Å². The van der Waals surface area contributed by atoms with E-state index in [4.69, 9.17) is 10.5 Å². The monoisotopic (exact) mass is 300 g/mol. The number of nitrogens with two attached hydrogens (primary N) is 1. The summed E-state index contributed by atoms with van der Waals surface area (Å²) in [5.74, 6) is 2.93. The summed E-state index contributed by atoms with van der Waals surface area (Å²) in [5, 5.41) is 3.24.